The van der Waals surface area contributed by atoms with Crippen LogP contribution in [0.1, 0.15) is 33.0 Å². The minimum Gasteiger partial charge on any atom is -0.486 e. The smallest absolute Gasteiger partial charge is 0.319 e. The van der Waals surface area contributed by atoms with Crippen LogP contribution >= 0.6 is 11.8 Å². The van der Waals surface area contributed by atoms with Crippen molar-refractivity contribution in [1.82, 2.24) is 14.8 Å². The van der Waals surface area contributed by atoms with Crippen LogP contribution in [0.3, 0.4) is 0 Å². The van der Waals surface area contributed by atoms with Crippen LogP contribution in [0.5, 0.6) is 5.75 Å². The van der Waals surface area contributed by atoms with Crippen LogP contribution in [0.15, 0.2) is 35.5 Å². The second kappa shape index (κ2) is 9.32. The molecule has 0 saturated heterocycles. The number of carbonyl (C=O) groups is 1. The predicted molar refractivity (Wildman–Crippen MR) is 93.0 cm³/mol. The molecular formula is C17H23N3O3S. The van der Waals surface area contributed by atoms with E-state index in [1.54, 1.807) is 0 Å². The summed E-state index contributed by atoms with van der Waals surface area (Å²) in [4.78, 5) is 12.0. The van der Waals surface area contributed by atoms with Gasteiger partial charge in [-0.3, -0.25) is 4.79 Å². The van der Waals surface area contributed by atoms with Gasteiger partial charge in [0, 0.05) is 6.54 Å². The lowest BCUT2D eigenvalue weighted by molar-refractivity contribution is -0.142. The maximum atomic E-state index is 12.0. The molecule has 2 aromatic rings. The van der Waals surface area contributed by atoms with E-state index in [1.165, 1.54) is 11.8 Å². The molecule has 0 saturated carbocycles. The monoisotopic (exact) mass is 349 g/mol. The van der Waals surface area contributed by atoms with Crippen molar-refractivity contribution in [3.05, 3.63) is 36.2 Å². The Hall–Kier alpha value is -2.02. The molecule has 24 heavy (non-hydrogen) atoms. The standard InChI is InChI=1S/C17H23N3O3S/c1-4-14(16(21)22-6-3)24-17-19-18-15(20(17)5-2)12-23-13-10-8-7-9-11-13/h7-11,14H,4-6,12H2,1-3H3/t14-/m1/s1. The molecule has 7 heteroatoms. The van der Waals surface area contributed by atoms with Crippen LogP contribution in [0.4, 0.5) is 0 Å². The predicted octanol–water partition coefficient (Wildman–Crippen LogP) is 3.31. The quantitative estimate of drug-likeness (QED) is 0.511. The van der Waals surface area contributed by atoms with Gasteiger partial charge < -0.3 is 14.0 Å². The third kappa shape index (κ3) is 4.74. The maximum absolute atomic E-state index is 12.0. The summed E-state index contributed by atoms with van der Waals surface area (Å²) in [6, 6.07) is 9.58. The van der Waals surface area contributed by atoms with Crippen molar-refractivity contribution < 1.29 is 14.3 Å². The second-order valence-electron chi connectivity index (χ2n) is 5.01. The zero-order chi connectivity index (χ0) is 17.4. The summed E-state index contributed by atoms with van der Waals surface area (Å²) in [5.74, 6) is 1.32. The molecule has 0 aliphatic rings. The molecule has 1 aromatic carbocycles. The molecule has 0 radical (unpaired) electrons. The summed E-state index contributed by atoms with van der Waals surface area (Å²) in [7, 11) is 0. The van der Waals surface area contributed by atoms with Crippen molar-refractivity contribution in [3.8, 4) is 5.75 Å². The van der Waals surface area contributed by atoms with Gasteiger partial charge in [0.15, 0.2) is 11.0 Å². The molecule has 0 amide bonds. The molecule has 1 heterocycles. The van der Waals surface area contributed by atoms with E-state index >= 15 is 0 Å². The number of aromatic nitrogens is 3. The molecule has 0 aliphatic heterocycles. The van der Waals surface area contributed by atoms with Crippen LogP contribution in [-0.4, -0.2) is 32.6 Å². The Kier molecular flexibility index (Phi) is 7.11. The van der Waals surface area contributed by atoms with Crippen LogP contribution in [0.2, 0.25) is 0 Å². The van der Waals surface area contributed by atoms with Gasteiger partial charge in [-0.1, -0.05) is 36.9 Å². The van der Waals surface area contributed by atoms with Gasteiger partial charge in [0.2, 0.25) is 0 Å². The molecule has 130 valence electrons. The van der Waals surface area contributed by atoms with Crippen molar-refractivity contribution >= 4 is 17.7 Å². The fourth-order valence-corrected chi connectivity index (χ4v) is 3.19. The number of thioether (sulfide) groups is 1. The Morgan fingerprint density at radius 2 is 1.96 bits per heavy atom. The number of rotatable bonds is 9. The fraction of sp³-hybridized carbons (Fsp3) is 0.471. The van der Waals surface area contributed by atoms with Gasteiger partial charge in [-0.2, -0.15) is 0 Å². The summed E-state index contributed by atoms with van der Waals surface area (Å²) >= 11 is 1.39. The van der Waals surface area contributed by atoms with Crippen LogP contribution in [0, 0.1) is 0 Å². The molecule has 2 rings (SSSR count). The summed E-state index contributed by atoms with van der Waals surface area (Å²) in [5.41, 5.74) is 0. The molecule has 0 N–H and O–H groups in total. The molecular weight excluding hydrogens is 326 g/mol. The van der Waals surface area contributed by atoms with Gasteiger partial charge >= 0.3 is 5.97 Å². The van der Waals surface area contributed by atoms with Crippen molar-refractivity contribution in [1.29, 1.82) is 0 Å². The first-order valence-corrected chi connectivity index (χ1v) is 9.00. The molecule has 0 bridgehead atoms. The van der Waals surface area contributed by atoms with Gasteiger partial charge in [0.1, 0.15) is 17.6 Å². The molecule has 0 aliphatic carbocycles. The Morgan fingerprint density at radius 3 is 2.58 bits per heavy atom. The number of ether oxygens (including phenoxy) is 2. The van der Waals surface area contributed by atoms with E-state index in [-0.39, 0.29) is 11.2 Å². The fourth-order valence-electron chi connectivity index (χ4n) is 2.16. The Bertz CT molecular complexity index is 646. The Morgan fingerprint density at radius 1 is 1.21 bits per heavy atom. The summed E-state index contributed by atoms with van der Waals surface area (Å²) in [6.07, 6.45) is 0.677. The number of benzene rings is 1. The molecule has 0 spiro atoms. The van der Waals surface area contributed by atoms with Gasteiger partial charge in [-0.05, 0) is 32.4 Å². The van der Waals surface area contributed by atoms with Crippen LogP contribution in [-0.2, 0) is 22.7 Å². The Balaban J connectivity index is 2.06. The highest BCUT2D eigenvalue weighted by Crippen LogP contribution is 2.26. The average Bonchev–Trinajstić information content (AvgIpc) is 3.00. The van der Waals surface area contributed by atoms with E-state index in [1.807, 2.05) is 55.7 Å². The number of esters is 1. The van der Waals surface area contributed by atoms with Crippen LogP contribution in [0.25, 0.3) is 0 Å². The van der Waals surface area contributed by atoms with Gasteiger partial charge in [-0.15, -0.1) is 10.2 Å². The third-order valence-electron chi connectivity index (χ3n) is 3.39. The average molecular weight is 349 g/mol. The van der Waals surface area contributed by atoms with E-state index in [9.17, 15) is 4.79 Å². The number of para-hydroxylation sites is 1. The largest absolute Gasteiger partial charge is 0.486 e. The Labute approximate surface area is 146 Å². The molecule has 6 nitrogen and oxygen atoms in total. The molecule has 1 aromatic heterocycles. The van der Waals surface area contributed by atoms with Crippen LogP contribution < -0.4 is 4.74 Å². The van der Waals surface area contributed by atoms with E-state index < -0.39 is 0 Å². The van der Waals surface area contributed by atoms with Crippen molar-refractivity contribution in [2.24, 2.45) is 0 Å². The lowest BCUT2D eigenvalue weighted by Gasteiger charge is -2.13. The molecule has 0 unspecified atom stereocenters. The normalized spacial score (nSPS) is 12.0. The summed E-state index contributed by atoms with van der Waals surface area (Å²) in [5, 5.41) is 8.86. The molecule has 1 atom stereocenters. The maximum Gasteiger partial charge on any atom is 0.319 e. The minimum absolute atomic E-state index is 0.210. The van der Waals surface area contributed by atoms with Crippen molar-refractivity contribution in [2.75, 3.05) is 6.61 Å². The number of carbonyl (C=O) groups excluding carboxylic acids is 1. The first kappa shape index (κ1) is 18.3. The lowest BCUT2D eigenvalue weighted by Crippen LogP contribution is -2.20. The second-order valence-corrected chi connectivity index (χ2v) is 6.18. The topological polar surface area (TPSA) is 66.2 Å². The lowest BCUT2D eigenvalue weighted by atomic mass is 10.3. The molecule has 0 fully saturated rings. The van der Waals surface area contributed by atoms with Gasteiger partial charge in [0.05, 0.1) is 6.61 Å². The van der Waals surface area contributed by atoms with E-state index in [2.05, 4.69) is 10.2 Å². The van der Waals surface area contributed by atoms with E-state index in [0.717, 1.165) is 11.6 Å². The SMILES string of the molecule is CCOC(=O)[C@@H](CC)Sc1nnc(COc2ccccc2)n1CC. The first-order valence-electron chi connectivity index (χ1n) is 8.12. The number of hydrogen-bond donors (Lipinski definition) is 0. The highest BCUT2D eigenvalue weighted by molar-refractivity contribution is 8.00. The third-order valence-corrected chi connectivity index (χ3v) is 4.71. The van der Waals surface area contributed by atoms with E-state index in [4.69, 9.17) is 9.47 Å². The van der Waals surface area contributed by atoms with E-state index in [0.29, 0.717) is 31.3 Å². The van der Waals surface area contributed by atoms with Crippen molar-refractivity contribution in [2.45, 2.75) is 50.8 Å². The van der Waals surface area contributed by atoms with Gasteiger partial charge in [0.25, 0.3) is 0 Å². The minimum atomic E-state index is -0.276. The zero-order valence-electron chi connectivity index (χ0n) is 14.3. The number of nitrogens with zero attached hydrogens (tertiary/aromatic N) is 3. The summed E-state index contributed by atoms with van der Waals surface area (Å²) in [6.45, 7) is 7.21. The highest BCUT2D eigenvalue weighted by Gasteiger charge is 2.23. The van der Waals surface area contributed by atoms with Crippen molar-refractivity contribution in [3.63, 3.8) is 0 Å². The van der Waals surface area contributed by atoms with Gasteiger partial charge in [-0.25, -0.2) is 0 Å². The first-order chi connectivity index (χ1) is 11.7. The number of hydrogen-bond acceptors (Lipinski definition) is 6. The summed E-state index contributed by atoms with van der Waals surface area (Å²) < 4.78 is 12.8. The highest BCUT2D eigenvalue weighted by atomic mass is 32.2. The zero-order valence-corrected chi connectivity index (χ0v) is 15.1.